The van der Waals surface area contributed by atoms with Crippen molar-refractivity contribution in [2.24, 2.45) is 0 Å². The topological polar surface area (TPSA) is 86.8 Å². The van der Waals surface area contributed by atoms with Gasteiger partial charge in [0.1, 0.15) is 12.6 Å². The molecule has 208 valence electrons. The summed E-state index contributed by atoms with van der Waals surface area (Å²) in [6, 6.07) is 18.9. The van der Waals surface area contributed by atoms with Gasteiger partial charge in [-0.15, -0.1) is 0 Å². The molecule has 1 N–H and O–H groups in total. The third-order valence-corrected chi connectivity index (χ3v) is 8.78. The highest BCUT2D eigenvalue weighted by Crippen LogP contribution is 2.28. The third-order valence-electron chi connectivity index (χ3n) is 6.29. The van der Waals surface area contributed by atoms with Crippen molar-refractivity contribution >= 4 is 50.7 Å². The van der Waals surface area contributed by atoms with E-state index in [0.717, 1.165) is 22.7 Å². The van der Waals surface area contributed by atoms with Crippen molar-refractivity contribution in [3.8, 4) is 0 Å². The van der Waals surface area contributed by atoms with E-state index in [4.69, 9.17) is 23.2 Å². The van der Waals surface area contributed by atoms with E-state index in [9.17, 15) is 18.0 Å². The van der Waals surface area contributed by atoms with Crippen molar-refractivity contribution in [2.45, 2.75) is 51.1 Å². The Morgan fingerprint density at radius 3 is 2.21 bits per heavy atom. The van der Waals surface area contributed by atoms with E-state index >= 15 is 0 Å². The van der Waals surface area contributed by atoms with Gasteiger partial charge in [0.2, 0.25) is 11.8 Å². The molecule has 0 spiro atoms. The zero-order valence-electron chi connectivity index (χ0n) is 22.2. The lowest BCUT2D eigenvalue weighted by Gasteiger charge is -2.32. The Bertz CT molecular complexity index is 1380. The second-order valence-electron chi connectivity index (χ2n) is 9.21. The molecule has 39 heavy (non-hydrogen) atoms. The van der Waals surface area contributed by atoms with Crippen LogP contribution in [-0.4, -0.2) is 44.3 Å². The van der Waals surface area contributed by atoms with Crippen LogP contribution in [0.15, 0.2) is 77.7 Å². The number of aryl methyl sites for hydroxylation is 1. The highest BCUT2D eigenvalue weighted by molar-refractivity contribution is 7.92. The molecular formula is C29H33Cl2N3O4S. The molecule has 0 aliphatic rings. The van der Waals surface area contributed by atoms with Crippen molar-refractivity contribution in [3.05, 3.63) is 94.0 Å². The van der Waals surface area contributed by atoms with E-state index in [0.29, 0.717) is 27.8 Å². The fourth-order valence-corrected chi connectivity index (χ4v) is 5.95. The van der Waals surface area contributed by atoms with Crippen molar-refractivity contribution in [1.82, 2.24) is 10.2 Å². The van der Waals surface area contributed by atoms with Gasteiger partial charge < -0.3 is 10.2 Å². The molecule has 0 saturated heterocycles. The first-order valence-corrected chi connectivity index (χ1v) is 14.9. The molecule has 0 saturated carbocycles. The number of unbranched alkanes of at least 4 members (excludes halogenated alkanes) is 1. The van der Waals surface area contributed by atoms with Gasteiger partial charge in [-0.3, -0.25) is 13.9 Å². The molecule has 0 heterocycles. The lowest BCUT2D eigenvalue weighted by atomic mass is 10.1. The van der Waals surface area contributed by atoms with Crippen LogP contribution in [-0.2, 0) is 26.2 Å². The quantitative estimate of drug-likeness (QED) is 0.269. The average Bonchev–Trinajstić information content (AvgIpc) is 2.91. The third kappa shape index (κ3) is 7.75. The highest BCUT2D eigenvalue weighted by atomic mass is 35.5. The number of hydrogen-bond acceptors (Lipinski definition) is 4. The molecule has 0 bridgehead atoms. The Balaban J connectivity index is 2.03. The number of nitrogens with one attached hydrogen (secondary N) is 1. The predicted octanol–water partition coefficient (Wildman–Crippen LogP) is 5.83. The fraction of sp³-hybridized carbons (Fsp3) is 0.310. The standard InChI is InChI=1S/C29H33Cl2N3O4S/c1-4-5-17-32-29(36)22(3)33(19-25-26(30)15-10-16-27(25)31)28(35)20-34(23-12-9-11-21(2)18-23)39(37,38)24-13-7-6-8-14-24/h6-16,18,22H,4-5,17,19-20H2,1-3H3,(H,32,36)/t22-/m0/s1. The number of amides is 2. The number of carbonyl (C=O) groups is 2. The summed E-state index contributed by atoms with van der Waals surface area (Å²) in [5.41, 5.74) is 1.63. The molecule has 7 nitrogen and oxygen atoms in total. The monoisotopic (exact) mass is 589 g/mol. The van der Waals surface area contributed by atoms with Gasteiger partial charge in [-0.1, -0.05) is 72.9 Å². The van der Waals surface area contributed by atoms with Crippen LogP contribution in [0.1, 0.15) is 37.8 Å². The maximum Gasteiger partial charge on any atom is 0.264 e. The van der Waals surface area contributed by atoms with Gasteiger partial charge in [-0.2, -0.15) is 0 Å². The summed E-state index contributed by atoms with van der Waals surface area (Å²) in [6.45, 7) is 5.31. The summed E-state index contributed by atoms with van der Waals surface area (Å²) < 4.78 is 28.6. The number of rotatable bonds is 12. The largest absolute Gasteiger partial charge is 0.354 e. The zero-order valence-corrected chi connectivity index (χ0v) is 24.6. The van der Waals surface area contributed by atoms with Gasteiger partial charge >= 0.3 is 0 Å². The van der Waals surface area contributed by atoms with Crippen LogP contribution in [0.3, 0.4) is 0 Å². The number of sulfonamides is 1. The molecule has 3 aromatic rings. The summed E-state index contributed by atoms with van der Waals surface area (Å²) in [5.74, 6) is -0.932. The Labute approximate surface area is 240 Å². The number of hydrogen-bond donors (Lipinski definition) is 1. The Morgan fingerprint density at radius 1 is 0.949 bits per heavy atom. The van der Waals surface area contributed by atoms with Crippen LogP contribution in [0.5, 0.6) is 0 Å². The summed E-state index contributed by atoms with van der Waals surface area (Å²) in [6.07, 6.45) is 1.69. The minimum Gasteiger partial charge on any atom is -0.354 e. The first kappa shape index (κ1) is 30.5. The molecule has 2 amide bonds. The van der Waals surface area contributed by atoms with Crippen LogP contribution in [0.2, 0.25) is 10.0 Å². The Kier molecular flexibility index (Phi) is 10.8. The number of carbonyl (C=O) groups excluding carboxylic acids is 2. The Hall–Kier alpha value is -3.07. The average molecular weight is 591 g/mol. The minimum atomic E-state index is -4.12. The summed E-state index contributed by atoms with van der Waals surface area (Å²) in [5, 5.41) is 3.53. The molecule has 0 aliphatic carbocycles. The number of halogens is 2. The van der Waals surface area contributed by atoms with Crippen LogP contribution >= 0.6 is 23.2 Å². The van der Waals surface area contributed by atoms with Crippen LogP contribution in [0.25, 0.3) is 0 Å². The van der Waals surface area contributed by atoms with E-state index in [1.54, 1.807) is 61.5 Å². The SMILES string of the molecule is CCCCNC(=O)[C@H](C)N(Cc1c(Cl)cccc1Cl)C(=O)CN(c1cccc(C)c1)S(=O)(=O)c1ccccc1. The lowest BCUT2D eigenvalue weighted by Crippen LogP contribution is -2.51. The maximum atomic E-state index is 13.9. The second kappa shape index (κ2) is 13.8. The zero-order chi connectivity index (χ0) is 28.6. The van der Waals surface area contributed by atoms with Crippen LogP contribution in [0, 0.1) is 6.92 Å². The number of anilines is 1. The molecule has 1 atom stereocenters. The second-order valence-corrected chi connectivity index (χ2v) is 11.9. The molecule has 0 unspecified atom stereocenters. The summed E-state index contributed by atoms with van der Waals surface area (Å²) in [7, 11) is -4.12. The normalized spacial score (nSPS) is 12.0. The van der Waals surface area contributed by atoms with Crippen molar-refractivity contribution in [2.75, 3.05) is 17.4 Å². The maximum absolute atomic E-state index is 13.9. The van der Waals surface area contributed by atoms with E-state index in [-0.39, 0.29) is 17.3 Å². The lowest BCUT2D eigenvalue weighted by molar-refractivity contribution is -0.139. The first-order valence-electron chi connectivity index (χ1n) is 12.7. The molecule has 0 fully saturated rings. The predicted molar refractivity (Wildman–Crippen MR) is 157 cm³/mol. The fourth-order valence-electron chi connectivity index (χ4n) is 4.00. The smallest absolute Gasteiger partial charge is 0.264 e. The van der Waals surface area contributed by atoms with E-state index < -0.39 is 28.5 Å². The number of nitrogens with zero attached hydrogens (tertiary/aromatic N) is 2. The minimum absolute atomic E-state index is 0.0466. The van der Waals surface area contributed by atoms with Gasteiger partial charge in [0.15, 0.2) is 0 Å². The van der Waals surface area contributed by atoms with Gasteiger partial charge in [-0.05, 0) is 62.2 Å². The van der Waals surface area contributed by atoms with Crippen LogP contribution < -0.4 is 9.62 Å². The highest BCUT2D eigenvalue weighted by Gasteiger charge is 2.33. The Morgan fingerprint density at radius 2 is 1.59 bits per heavy atom. The van der Waals surface area contributed by atoms with Gasteiger partial charge in [-0.25, -0.2) is 8.42 Å². The summed E-state index contributed by atoms with van der Waals surface area (Å²) in [4.78, 5) is 28.3. The van der Waals surface area contributed by atoms with E-state index in [2.05, 4.69) is 5.32 Å². The van der Waals surface area contributed by atoms with E-state index in [1.807, 2.05) is 19.9 Å². The molecule has 3 rings (SSSR count). The van der Waals surface area contributed by atoms with Crippen molar-refractivity contribution in [3.63, 3.8) is 0 Å². The van der Waals surface area contributed by atoms with Gasteiger partial charge in [0.25, 0.3) is 10.0 Å². The van der Waals surface area contributed by atoms with Gasteiger partial charge in [0.05, 0.1) is 10.6 Å². The van der Waals surface area contributed by atoms with Crippen molar-refractivity contribution in [1.29, 1.82) is 0 Å². The summed E-state index contributed by atoms with van der Waals surface area (Å²) >= 11 is 12.8. The van der Waals surface area contributed by atoms with Crippen LogP contribution in [0.4, 0.5) is 5.69 Å². The molecule has 0 aliphatic heterocycles. The molecule has 3 aromatic carbocycles. The molecule has 0 aromatic heterocycles. The molecule has 0 radical (unpaired) electrons. The molecule has 10 heteroatoms. The molecular weight excluding hydrogens is 557 g/mol. The van der Waals surface area contributed by atoms with Gasteiger partial charge in [0, 0.05) is 28.7 Å². The van der Waals surface area contributed by atoms with Crippen molar-refractivity contribution < 1.29 is 18.0 Å². The number of benzene rings is 3. The first-order chi connectivity index (χ1) is 18.6. The van der Waals surface area contributed by atoms with E-state index in [1.165, 1.54) is 17.0 Å².